The maximum atomic E-state index is 11.6. The summed E-state index contributed by atoms with van der Waals surface area (Å²) in [7, 11) is 0. The molecule has 0 saturated carbocycles. The third-order valence-corrected chi connectivity index (χ3v) is 2.29. The van der Waals surface area contributed by atoms with Gasteiger partial charge >= 0.3 is 6.09 Å². The first-order valence-corrected chi connectivity index (χ1v) is 6.79. The zero-order valence-corrected chi connectivity index (χ0v) is 12.9. The summed E-state index contributed by atoms with van der Waals surface area (Å²) in [5.74, 6) is -0.218. The maximum Gasteiger partial charge on any atom is 0.412 e. The number of amides is 2. The monoisotopic (exact) mass is 294 g/mol. The van der Waals surface area contributed by atoms with Crippen LogP contribution in [0.4, 0.5) is 10.5 Å². The van der Waals surface area contributed by atoms with Crippen molar-refractivity contribution in [2.45, 2.75) is 39.7 Å². The molecule has 0 bridgehead atoms. The molecule has 0 aliphatic carbocycles. The lowest BCUT2D eigenvalue weighted by molar-refractivity contribution is -0.132. The predicted octanol–water partition coefficient (Wildman–Crippen LogP) is 2.64. The summed E-state index contributed by atoms with van der Waals surface area (Å²) in [4.78, 5) is 27.9. The fourth-order valence-corrected chi connectivity index (χ4v) is 1.50. The summed E-state index contributed by atoms with van der Waals surface area (Å²) in [6.45, 7) is 7.61. The summed E-state index contributed by atoms with van der Waals surface area (Å²) in [6.07, 6.45) is -0.295. The van der Waals surface area contributed by atoms with Gasteiger partial charge in [0.2, 0.25) is 5.91 Å². The van der Waals surface area contributed by atoms with Crippen LogP contribution in [-0.2, 0) is 20.8 Å². The molecule has 0 heterocycles. The van der Waals surface area contributed by atoms with E-state index >= 15 is 0 Å². The first-order valence-electron chi connectivity index (χ1n) is 6.79. The van der Waals surface area contributed by atoms with Gasteiger partial charge in [-0.3, -0.25) is 14.9 Å². The van der Waals surface area contributed by atoms with Gasteiger partial charge in [0, 0.05) is 5.69 Å². The zero-order chi connectivity index (χ0) is 15.9. The molecule has 2 N–H and O–H groups in total. The van der Waals surface area contributed by atoms with E-state index in [4.69, 9.17) is 9.57 Å². The number of rotatable bonds is 5. The van der Waals surface area contributed by atoms with E-state index in [0.717, 1.165) is 5.56 Å². The fourth-order valence-electron chi connectivity index (χ4n) is 1.50. The van der Waals surface area contributed by atoms with Gasteiger partial charge in [-0.2, -0.15) is 0 Å². The van der Waals surface area contributed by atoms with Gasteiger partial charge in [0.05, 0.1) is 13.0 Å². The lowest BCUT2D eigenvalue weighted by Crippen LogP contribution is -2.27. The van der Waals surface area contributed by atoms with Crippen LogP contribution in [0, 0.1) is 0 Å². The van der Waals surface area contributed by atoms with Crippen LogP contribution < -0.4 is 10.8 Å². The van der Waals surface area contributed by atoms with Crippen molar-refractivity contribution in [3.8, 4) is 0 Å². The second-order valence-electron chi connectivity index (χ2n) is 5.46. The van der Waals surface area contributed by atoms with Crippen molar-refractivity contribution in [3.63, 3.8) is 0 Å². The van der Waals surface area contributed by atoms with Crippen LogP contribution in [0.15, 0.2) is 24.3 Å². The summed E-state index contributed by atoms with van der Waals surface area (Å²) in [5.41, 5.74) is 3.22. The largest absolute Gasteiger partial charge is 0.444 e. The number of anilines is 1. The van der Waals surface area contributed by atoms with Crippen molar-refractivity contribution in [2.24, 2.45) is 0 Å². The third-order valence-electron chi connectivity index (χ3n) is 2.29. The Morgan fingerprint density at radius 2 is 1.76 bits per heavy atom. The highest BCUT2D eigenvalue weighted by molar-refractivity contribution is 5.85. The maximum absolute atomic E-state index is 11.6. The van der Waals surface area contributed by atoms with Gasteiger partial charge in [-0.25, -0.2) is 10.3 Å². The highest BCUT2D eigenvalue weighted by atomic mass is 16.6. The number of carbonyl (C=O) groups is 2. The van der Waals surface area contributed by atoms with Gasteiger partial charge < -0.3 is 4.74 Å². The third kappa shape index (κ3) is 7.31. The highest BCUT2D eigenvalue weighted by Gasteiger charge is 2.16. The summed E-state index contributed by atoms with van der Waals surface area (Å²) in [6, 6.07) is 6.96. The van der Waals surface area contributed by atoms with E-state index in [0.29, 0.717) is 12.3 Å². The molecule has 2 amide bonds. The topological polar surface area (TPSA) is 76.7 Å². The smallest absolute Gasteiger partial charge is 0.412 e. The normalized spacial score (nSPS) is 10.9. The summed E-state index contributed by atoms with van der Waals surface area (Å²) in [5, 5.41) is 2.63. The molecule has 116 valence electrons. The second-order valence-corrected chi connectivity index (χ2v) is 5.46. The van der Waals surface area contributed by atoms with E-state index < -0.39 is 11.7 Å². The Hall–Kier alpha value is -2.08. The molecule has 0 saturated heterocycles. The van der Waals surface area contributed by atoms with Crippen LogP contribution in [0.2, 0.25) is 0 Å². The van der Waals surface area contributed by atoms with Crippen molar-refractivity contribution < 1.29 is 19.2 Å². The van der Waals surface area contributed by atoms with E-state index in [1.165, 1.54) is 0 Å². The predicted molar refractivity (Wildman–Crippen MR) is 79.8 cm³/mol. The lowest BCUT2D eigenvalue weighted by Gasteiger charge is -2.19. The van der Waals surface area contributed by atoms with E-state index in [9.17, 15) is 9.59 Å². The number of hydrogen-bond acceptors (Lipinski definition) is 4. The molecule has 0 aromatic heterocycles. The molecule has 0 unspecified atom stereocenters. The minimum atomic E-state index is -0.540. The number of nitrogens with one attached hydrogen (secondary N) is 2. The first-order chi connectivity index (χ1) is 9.80. The van der Waals surface area contributed by atoms with E-state index in [1.54, 1.807) is 52.0 Å². The number of benzene rings is 1. The van der Waals surface area contributed by atoms with E-state index in [1.807, 2.05) is 0 Å². The van der Waals surface area contributed by atoms with Crippen LogP contribution >= 0.6 is 0 Å². The van der Waals surface area contributed by atoms with Crippen LogP contribution in [-0.4, -0.2) is 24.2 Å². The van der Waals surface area contributed by atoms with Crippen LogP contribution in [0.1, 0.15) is 33.3 Å². The van der Waals surface area contributed by atoms with Crippen molar-refractivity contribution in [2.75, 3.05) is 11.9 Å². The molecule has 21 heavy (non-hydrogen) atoms. The number of hydrogen-bond donors (Lipinski definition) is 2. The Bertz CT molecular complexity index is 477. The molecule has 0 aliphatic heterocycles. The molecule has 0 aliphatic rings. The zero-order valence-electron chi connectivity index (χ0n) is 12.9. The first kappa shape index (κ1) is 17.0. The molecule has 1 aromatic carbocycles. The Morgan fingerprint density at radius 3 is 2.29 bits per heavy atom. The number of hydroxylamine groups is 1. The molecule has 0 spiro atoms. The lowest BCUT2D eigenvalue weighted by atomic mass is 10.1. The van der Waals surface area contributed by atoms with Crippen molar-refractivity contribution >= 4 is 17.7 Å². The fraction of sp³-hybridized carbons (Fsp3) is 0.467. The van der Waals surface area contributed by atoms with Crippen LogP contribution in [0.5, 0.6) is 0 Å². The van der Waals surface area contributed by atoms with Crippen molar-refractivity contribution in [1.29, 1.82) is 0 Å². The van der Waals surface area contributed by atoms with Gasteiger partial charge in [-0.15, -0.1) is 0 Å². The molecule has 6 nitrogen and oxygen atoms in total. The standard InChI is InChI=1S/C15H22N2O4/c1-5-20-17-13(18)10-11-6-8-12(9-7-11)16-14(19)21-15(2,3)4/h6-9H,5,10H2,1-4H3,(H,16,19)(H,17,18). The molecule has 0 atom stereocenters. The van der Waals surface area contributed by atoms with E-state index in [-0.39, 0.29) is 12.3 Å². The van der Waals surface area contributed by atoms with Crippen LogP contribution in [0.3, 0.4) is 0 Å². The molecular formula is C15H22N2O4. The number of carbonyl (C=O) groups excluding carboxylic acids is 2. The minimum absolute atomic E-state index is 0.215. The molecular weight excluding hydrogens is 272 g/mol. The van der Waals surface area contributed by atoms with Crippen molar-refractivity contribution in [1.82, 2.24) is 5.48 Å². The van der Waals surface area contributed by atoms with Gasteiger partial charge in [0.25, 0.3) is 0 Å². The Morgan fingerprint density at radius 1 is 1.14 bits per heavy atom. The SMILES string of the molecule is CCONC(=O)Cc1ccc(NC(=O)OC(C)(C)C)cc1. The summed E-state index contributed by atoms with van der Waals surface area (Å²) < 4.78 is 5.15. The highest BCUT2D eigenvalue weighted by Crippen LogP contribution is 2.13. The molecule has 6 heteroatoms. The van der Waals surface area contributed by atoms with Gasteiger partial charge in [0.1, 0.15) is 5.60 Å². The molecule has 1 rings (SSSR count). The molecule has 0 radical (unpaired) electrons. The van der Waals surface area contributed by atoms with E-state index in [2.05, 4.69) is 10.8 Å². The average Bonchev–Trinajstić information content (AvgIpc) is 2.36. The second kappa shape index (κ2) is 7.64. The Labute approximate surface area is 124 Å². The van der Waals surface area contributed by atoms with Crippen molar-refractivity contribution in [3.05, 3.63) is 29.8 Å². The van der Waals surface area contributed by atoms with Gasteiger partial charge in [-0.1, -0.05) is 12.1 Å². The minimum Gasteiger partial charge on any atom is -0.444 e. The van der Waals surface area contributed by atoms with Gasteiger partial charge in [-0.05, 0) is 45.4 Å². The summed E-state index contributed by atoms with van der Waals surface area (Å²) >= 11 is 0. The Balaban J connectivity index is 2.50. The van der Waals surface area contributed by atoms with Crippen LogP contribution in [0.25, 0.3) is 0 Å². The average molecular weight is 294 g/mol. The molecule has 0 fully saturated rings. The quantitative estimate of drug-likeness (QED) is 0.818. The Kier molecular flexibility index (Phi) is 6.17. The molecule has 1 aromatic rings. The number of ether oxygens (including phenoxy) is 1. The van der Waals surface area contributed by atoms with Gasteiger partial charge in [0.15, 0.2) is 0 Å².